The SMILES string of the molecule is C=O.C=O.CN1CCCNC(=O)C1.Cc1cc(C(=O)Nc2ccc(F)c(F)c2)ccc1F. The summed E-state index contributed by atoms with van der Waals surface area (Å²) in [7, 11) is 1.96. The van der Waals surface area contributed by atoms with Crippen LogP contribution in [0, 0.1) is 24.4 Å². The van der Waals surface area contributed by atoms with Gasteiger partial charge in [-0.25, -0.2) is 13.2 Å². The monoisotopic (exact) mass is 453 g/mol. The summed E-state index contributed by atoms with van der Waals surface area (Å²) in [6, 6.07) is 6.91. The lowest BCUT2D eigenvalue weighted by Crippen LogP contribution is -2.30. The van der Waals surface area contributed by atoms with E-state index in [-0.39, 0.29) is 17.2 Å². The third kappa shape index (κ3) is 9.98. The lowest BCUT2D eigenvalue weighted by molar-refractivity contribution is -0.121. The molecule has 3 rings (SSSR count). The zero-order valence-corrected chi connectivity index (χ0v) is 17.9. The number of likely N-dealkylation sites (N-methyl/N-ethyl adjacent to an activating group) is 1. The van der Waals surface area contributed by atoms with Crippen molar-refractivity contribution in [2.75, 3.05) is 32.0 Å². The smallest absolute Gasteiger partial charge is 0.255 e. The average molecular weight is 453 g/mol. The van der Waals surface area contributed by atoms with Gasteiger partial charge < -0.3 is 20.2 Å². The molecule has 0 saturated carbocycles. The van der Waals surface area contributed by atoms with Crippen LogP contribution in [-0.4, -0.2) is 57.0 Å². The summed E-state index contributed by atoms with van der Waals surface area (Å²) in [5.41, 5.74) is 0.701. The topological polar surface area (TPSA) is 95.6 Å². The highest BCUT2D eigenvalue weighted by Gasteiger charge is 2.10. The van der Waals surface area contributed by atoms with Crippen LogP contribution in [0.3, 0.4) is 0 Å². The zero-order chi connectivity index (χ0) is 24.7. The molecule has 2 aromatic rings. The van der Waals surface area contributed by atoms with E-state index >= 15 is 0 Å². The maximum atomic E-state index is 13.1. The maximum Gasteiger partial charge on any atom is 0.255 e. The van der Waals surface area contributed by atoms with E-state index in [0.29, 0.717) is 12.1 Å². The second-order valence-corrected chi connectivity index (χ2v) is 6.49. The number of anilines is 1. The average Bonchev–Trinajstić information content (AvgIpc) is 2.98. The van der Waals surface area contributed by atoms with Gasteiger partial charge in [0.2, 0.25) is 5.91 Å². The van der Waals surface area contributed by atoms with Crippen molar-refractivity contribution in [3.63, 3.8) is 0 Å². The molecule has 2 N–H and O–H groups in total. The van der Waals surface area contributed by atoms with Crippen LogP contribution in [0.15, 0.2) is 36.4 Å². The molecule has 1 aliphatic heterocycles. The lowest BCUT2D eigenvalue weighted by atomic mass is 10.1. The summed E-state index contributed by atoms with van der Waals surface area (Å²) in [4.78, 5) is 40.6. The number of nitrogens with one attached hydrogen (secondary N) is 2. The van der Waals surface area contributed by atoms with E-state index in [1.807, 2.05) is 25.5 Å². The van der Waals surface area contributed by atoms with Gasteiger partial charge in [-0.1, -0.05) is 0 Å². The molecule has 0 spiro atoms. The molecule has 2 aromatic carbocycles. The molecule has 174 valence electrons. The van der Waals surface area contributed by atoms with Crippen molar-refractivity contribution in [2.24, 2.45) is 0 Å². The molecule has 1 aliphatic rings. The molecular weight excluding hydrogens is 427 g/mol. The Morgan fingerprint density at radius 3 is 2.22 bits per heavy atom. The molecule has 0 atom stereocenters. The molecule has 0 bridgehead atoms. The summed E-state index contributed by atoms with van der Waals surface area (Å²) in [5.74, 6) is -2.82. The number of hydrogen-bond acceptors (Lipinski definition) is 5. The Labute approximate surface area is 184 Å². The highest BCUT2D eigenvalue weighted by Crippen LogP contribution is 2.15. The summed E-state index contributed by atoms with van der Waals surface area (Å²) < 4.78 is 38.8. The first-order valence-electron chi connectivity index (χ1n) is 9.32. The number of rotatable bonds is 2. The number of carbonyl (C=O) groups is 4. The van der Waals surface area contributed by atoms with Gasteiger partial charge in [-0.2, -0.15) is 0 Å². The van der Waals surface area contributed by atoms with E-state index < -0.39 is 23.4 Å². The van der Waals surface area contributed by atoms with Gasteiger partial charge in [0.15, 0.2) is 11.6 Å². The molecule has 0 unspecified atom stereocenters. The molecule has 1 saturated heterocycles. The van der Waals surface area contributed by atoms with E-state index in [4.69, 9.17) is 9.59 Å². The number of hydrogen-bond donors (Lipinski definition) is 2. The third-order valence-corrected chi connectivity index (χ3v) is 4.05. The first-order valence-corrected chi connectivity index (χ1v) is 9.32. The van der Waals surface area contributed by atoms with Gasteiger partial charge in [0, 0.05) is 30.4 Å². The van der Waals surface area contributed by atoms with Crippen molar-refractivity contribution in [3.05, 3.63) is 65.0 Å². The van der Waals surface area contributed by atoms with Gasteiger partial charge in [0.25, 0.3) is 5.91 Å². The fourth-order valence-corrected chi connectivity index (χ4v) is 2.52. The number of amides is 2. The maximum absolute atomic E-state index is 13.1. The molecule has 2 amide bonds. The summed E-state index contributed by atoms with van der Waals surface area (Å²) >= 11 is 0. The fraction of sp³-hybridized carbons (Fsp3) is 0.273. The van der Waals surface area contributed by atoms with Crippen molar-refractivity contribution in [2.45, 2.75) is 13.3 Å². The van der Waals surface area contributed by atoms with Gasteiger partial charge in [-0.3, -0.25) is 14.5 Å². The first-order chi connectivity index (χ1) is 15.3. The normalized spacial score (nSPS) is 12.8. The molecule has 1 heterocycles. The molecule has 0 radical (unpaired) electrons. The number of aryl methyl sites for hydroxylation is 1. The highest BCUT2D eigenvalue weighted by atomic mass is 19.2. The Balaban J connectivity index is 0.000000619. The van der Waals surface area contributed by atoms with E-state index in [1.165, 1.54) is 31.2 Å². The lowest BCUT2D eigenvalue weighted by Gasteiger charge is -2.08. The molecule has 0 aliphatic carbocycles. The van der Waals surface area contributed by atoms with E-state index in [2.05, 4.69) is 10.6 Å². The van der Waals surface area contributed by atoms with Gasteiger partial charge >= 0.3 is 0 Å². The minimum atomic E-state index is -1.05. The van der Waals surface area contributed by atoms with E-state index in [1.54, 1.807) is 0 Å². The van der Waals surface area contributed by atoms with Crippen LogP contribution >= 0.6 is 0 Å². The first kappa shape index (κ1) is 28.5. The van der Waals surface area contributed by atoms with Gasteiger partial charge in [0.1, 0.15) is 19.4 Å². The minimum Gasteiger partial charge on any atom is -0.355 e. The number of nitrogens with zero attached hydrogens (tertiary/aromatic N) is 1. The predicted molar refractivity (Wildman–Crippen MR) is 115 cm³/mol. The fourth-order valence-electron chi connectivity index (χ4n) is 2.52. The molecule has 10 heteroatoms. The van der Waals surface area contributed by atoms with Crippen molar-refractivity contribution in [1.29, 1.82) is 0 Å². The standard InChI is InChI=1S/C14H10F3NO.C6H12N2O.2CH2O/c1-8-6-9(2-4-11(8)15)14(19)18-10-3-5-12(16)13(17)7-10;1-8-4-2-3-7-6(9)5-8;2*1-2/h2-7H,1H3,(H,18,19);2-5H2,1H3,(H,7,9);2*1H2. The Hall–Kier alpha value is -3.53. The quantitative estimate of drug-likeness (QED) is 0.729. The van der Waals surface area contributed by atoms with E-state index in [9.17, 15) is 22.8 Å². The second kappa shape index (κ2) is 15.3. The Morgan fingerprint density at radius 1 is 1.00 bits per heavy atom. The summed E-state index contributed by atoms with van der Waals surface area (Å²) in [6.45, 7) is 7.95. The van der Waals surface area contributed by atoms with Crippen LogP contribution in [0.1, 0.15) is 22.3 Å². The Kier molecular flexibility index (Phi) is 13.6. The molecule has 7 nitrogen and oxygen atoms in total. The zero-order valence-electron chi connectivity index (χ0n) is 17.9. The largest absolute Gasteiger partial charge is 0.355 e. The van der Waals surface area contributed by atoms with Gasteiger partial charge in [-0.15, -0.1) is 0 Å². The highest BCUT2D eigenvalue weighted by molar-refractivity contribution is 6.04. The van der Waals surface area contributed by atoms with Crippen LogP contribution in [0.25, 0.3) is 0 Å². The number of halogens is 3. The Bertz CT molecular complexity index is 895. The van der Waals surface area contributed by atoms with Crippen LogP contribution in [-0.2, 0) is 14.4 Å². The third-order valence-electron chi connectivity index (χ3n) is 4.05. The number of carbonyl (C=O) groups excluding carboxylic acids is 4. The Morgan fingerprint density at radius 2 is 1.62 bits per heavy atom. The summed E-state index contributed by atoms with van der Waals surface area (Å²) in [6.07, 6.45) is 1.07. The minimum absolute atomic E-state index is 0.130. The van der Waals surface area contributed by atoms with Crippen LogP contribution in [0.2, 0.25) is 0 Å². The predicted octanol–water partition coefficient (Wildman–Crippen LogP) is 2.73. The summed E-state index contributed by atoms with van der Waals surface area (Å²) in [5, 5.41) is 5.20. The van der Waals surface area contributed by atoms with Gasteiger partial charge in [-0.05, 0) is 56.3 Å². The molecule has 1 fully saturated rings. The van der Waals surface area contributed by atoms with Crippen molar-refractivity contribution >= 4 is 31.1 Å². The van der Waals surface area contributed by atoms with Crippen LogP contribution < -0.4 is 10.6 Å². The van der Waals surface area contributed by atoms with Crippen molar-refractivity contribution in [3.8, 4) is 0 Å². The van der Waals surface area contributed by atoms with Crippen molar-refractivity contribution < 1.29 is 32.3 Å². The van der Waals surface area contributed by atoms with Crippen molar-refractivity contribution in [1.82, 2.24) is 10.2 Å². The van der Waals surface area contributed by atoms with Crippen LogP contribution in [0.5, 0.6) is 0 Å². The molecular formula is C22H26F3N3O4. The van der Waals surface area contributed by atoms with Gasteiger partial charge in [0.05, 0.1) is 6.54 Å². The van der Waals surface area contributed by atoms with Crippen LogP contribution in [0.4, 0.5) is 18.9 Å². The second-order valence-electron chi connectivity index (χ2n) is 6.49. The molecule has 32 heavy (non-hydrogen) atoms. The molecule has 0 aromatic heterocycles. The van der Waals surface area contributed by atoms with E-state index in [0.717, 1.165) is 31.6 Å². The number of benzene rings is 2.